The number of allylic oxidation sites excluding steroid dienone is 2. The van der Waals surface area contributed by atoms with Gasteiger partial charge in [-0.05, 0) is 6.08 Å². The number of ketones is 2. The molecule has 0 aliphatic heterocycles. The first-order chi connectivity index (χ1) is 3.79. The zero-order valence-corrected chi connectivity index (χ0v) is 4.39. The quantitative estimate of drug-likeness (QED) is 0.425. The van der Waals surface area contributed by atoms with Crippen LogP contribution in [0.4, 0.5) is 0 Å². The lowest BCUT2D eigenvalue weighted by atomic mass is 10.1. The third-order valence-corrected chi connectivity index (χ3v) is 1.02. The van der Waals surface area contributed by atoms with Gasteiger partial charge in [-0.1, -0.05) is 6.08 Å². The Kier molecular flexibility index (Phi) is 1.24. The number of carbonyl (C=O) groups is 2. The van der Waals surface area contributed by atoms with Crippen molar-refractivity contribution in [2.45, 2.75) is 12.8 Å². The van der Waals surface area contributed by atoms with Crippen molar-refractivity contribution in [3.8, 4) is 0 Å². The van der Waals surface area contributed by atoms with Gasteiger partial charge < -0.3 is 0 Å². The van der Waals surface area contributed by atoms with E-state index in [9.17, 15) is 9.59 Å². The molecule has 1 aliphatic rings. The van der Waals surface area contributed by atoms with Crippen LogP contribution in [0.5, 0.6) is 0 Å². The first kappa shape index (κ1) is 5.22. The summed E-state index contributed by atoms with van der Waals surface area (Å²) in [7, 11) is 0. The van der Waals surface area contributed by atoms with Gasteiger partial charge in [-0.3, -0.25) is 9.59 Å². The van der Waals surface area contributed by atoms with Crippen molar-refractivity contribution in [1.29, 1.82) is 0 Å². The van der Waals surface area contributed by atoms with Crippen molar-refractivity contribution < 1.29 is 9.59 Å². The van der Waals surface area contributed by atoms with E-state index in [2.05, 4.69) is 0 Å². The molecule has 0 aromatic heterocycles. The van der Waals surface area contributed by atoms with Crippen molar-refractivity contribution in [2.24, 2.45) is 0 Å². The van der Waals surface area contributed by atoms with Crippen molar-refractivity contribution in [1.82, 2.24) is 0 Å². The minimum Gasteiger partial charge on any atom is -0.299 e. The Bertz CT molecular complexity index is 156. The highest BCUT2D eigenvalue weighted by molar-refractivity contribution is 6.07. The van der Waals surface area contributed by atoms with E-state index in [1.807, 2.05) is 0 Å². The molecule has 0 atom stereocenters. The molecule has 0 fully saturated rings. The summed E-state index contributed by atoms with van der Waals surface area (Å²) in [5.41, 5.74) is 0. The van der Waals surface area contributed by atoms with Gasteiger partial charge in [0.05, 0.1) is 6.42 Å². The fraction of sp³-hybridized carbons (Fsp3) is 0.333. The van der Waals surface area contributed by atoms with E-state index < -0.39 is 0 Å². The van der Waals surface area contributed by atoms with Crippen LogP contribution in [0.15, 0.2) is 12.2 Å². The molecule has 0 bridgehead atoms. The Morgan fingerprint density at radius 3 is 2.50 bits per heavy atom. The maximum absolute atomic E-state index is 10.4. The average Bonchev–Trinajstić information content (AvgIpc) is 1.64. The zero-order valence-electron chi connectivity index (χ0n) is 4.39. The first-order valence-electron chi connectivity index (χ1n) is 2.50. The summed E-state index contributed by atoms with van der Waals surface area (Å²) in [5.74, 6) is -0.0428. The molecule has 0 unspecified atom stereocenters. The van der Waals surface area contributed by atoms with Crippen molar-refractivity contribution >= 4 is 11.6 Å². The molecule has 0 aromatic carbocycles. The van der Waals surface area contributed by atoms with Gasteiger partial charge >= 0.3 is 0 Å². The lowest BCUT2D eigenvalue weighted by Crippen LogP contribution is -2.08. The second kappa shape index (κ2) is 1.90. The standard InChI is InChI=1S/C6H6O2/c7-5-2-1-3-6(8)4-5/h1-2H,3-4H2. The summed E-state index contributed by atoms with van der Waals surface area (Å²) in [4.78, 5) is 20.8. The summed E-state index contributed by atoms with van der Waals surface area (Å²) in [6.45, 7) is 0. The predicted molar refractivity (Wildman–Crippen MR) is 28.4 cm³/mol. The Hall–Kier alpha value is -0.920. The molecule has 1 aliphatic carbocycles. The third kappa shape index (κ3) is 1.03. The van der Waals surface area contributed by atoms with Gasteiger partial charge in [-0.15, -0.1) is 0 Å². The minimum absolute atomic E-state index is 0.0255. The SMILES string of the molecule is O=C1C=CCC(=O)C1. The Morgan fingerprint density at radius 1 is 1.38 bits per heavy atom. The van der Waals surface area contributed by atoms with E-state index >= 15 is 0 Å². The average molecular weight is 110 g/mol. The van der Waals surface area contributed by atoms with E-state index in [1.54, 1.807) is 6.08 Å². The molecule has 0 saturated carbocycles. The van der Waals surface area contributed by atoms with E-state index in [-0.39, 0.29) is 18.0 Å². The van der Waals surface area contributed by atoms with Crippen LogP contribution in [0.25, 0.3) is 0 Å². The second-order valence-corrected chi connectivity index (χ2v) is 1.79. The maximum Gasteiger partial charge on any atom is 0.162 e. The van der Waals surface area contributed by atoms with Gasteiger partial charge in [0, 0.05) is 6.42 Å². The van der Waals surface area contributed by atoms with Gasteiger partial charge in [0.15, 0.2) is 5.78 Å². The van der Waals surface area contributed by atoms with Gasteiger partial charge in [0.1, 0.15) is 5.78 Å². The lowest BCUT2D eigenvalue weighted by molar-refractivity contribution is -0.124. The normalized spacial score (nSPS) is 19.5. The number of Topliss-reactive ketones (excluding diaryl/α,β-unsaturated/α-hetero) is 1. The molecule has 0 amide bonds. The minimum atomic E-state index is -0.0683. The van der Waals surface area contributed by atoms with Crippen LogP contribution < -0.4 is 0 Å². The molecular weight excluding hydrogens is 104 g/mol. The zero-order chi connectivity index (χ0) is 5.98. The summed E-state index contributed by atoms with van der Waals surface area (Å²) >= 11 is 0. The van der Waals surface area contributed by atoms with Gasteiger partial charge in [-0.25, -0.2) is 0 Å². The molecule has 2 nitrogen and oxygen atoms in total. The van der Waals surface area contributed by atoms with E-state index in [0.717, 1.165) is 0 Å². The van der Waals surface area contributed by atoms with Gasteiger partial charge in [0.25, 0.3) is 0 Å². The predicted octanol–water partition coefficient (Wildman–Crippen LogP) is 0.475. The Labute approximate surface area is 47.2 Å². The van der Waals surface area contributed by atoms with Crippen LogP contribution in [0.3, 0.4) is 0 Å². The van der Waals surface area contributed by atoms with Crippen molar-refractivity contribution in [3.05, 3.63) is 12.2 Å². The highest BCUT2D eigenvalue weighted by atomic mass is 16.1. The molecule has 2 heteroatoms. The van der Waals surface area contributed by atoms with Gasteiger partial charge in [0.2, 0.25) is 0 Å². The molecule has 0 heterocycles. The van der Waals surface area contributed by atoms with Crippen molar-refractivity contribution in [3.63, 3.8) is 0 Å². The highest BCUT2D eigenvalue weighted by Crippen LogP contribution is 2.00. The second-order valence-electron chi connectivity index (χ2n) is 1.79. The van der Waals surface area contributed by atoms with Crippen LogP contribution in [-0.2, 0) is 9.59 Å². The van der Waals surface area contributed by atoms with E-state index in [0.29, 0.717) is 6.42 Å². The first-order valence-corrected chi connectivity index (χ1v) is 2.50. The van der Waals surface area contributed by atoms with Crippen LogP contribution >= 0.6 is 0 Å². The van der Waals surface area contributed by atoms with Crippen LogP contribution in [0.2, 0.25) is 0 Å². The highest BCUT2D eigenvalue weighted by Gasteiger charge is 2.08. The van der Waals surface area contributed by atoms with Crippen LogP contribution in [-0.4, -0.2) is 11.6 Å². The topological polar surface area (TPSA) is 34.1 Å². The van der Waals surface area contributed by atoms with Crippen molar-refractivity contribution in [2.75, 3.05) is 0 Å². The van der Waals surface area contributed by atoms with Gasteiger partial charge in [-0.2, -0.15) is 0 Å². The molecular formula is C6H6O2. The fourth-order valence-electron chi connectivity index (χ4n) is 0.647. The number of carbonyl (C=O) groups excluding carboxylic acids is 2. The molecule has 0 N–H and O–H groups in total. The van der Waals surface area contributed by atoms with E-state index in [4.69, 9.17) is 0 Å². The third-order valence-electron chi connectivity index (χ3n) is 1.02. The summed E-state index contributed by atoms with van der Waals surface area (Å²) in [5, 5.41) is 0. The Balaban J connectivity index is 2.68. The summed E-state index contributed by atoms with van der Waals surface area (Å²) in [6, 6.07) is 0. The van der Waals surface area contributed by atoms with E-state index in [1.165, 1.54) is 6.08 Å². The van der Waals surface area contributed by atoms with Crippen LogP contribution in [0.1, 0.15) is 12.8 Å². The summed E-state index contributed by atoms with van der Waals surface area (Å²) < 4.78 is 0. The number of rotatable bonds is 0. The smallest absolute Gasteiger partial charge is 0.162 e. The number of hydrogen-bond donors (Lipinski definition) is 0. The fourth-order valence-corrected chi connectivity index (χ4v) is 0.647. The maximum atomic E-state index is 10.4. The Morgan fingerprint density at radius 2 is 2.12 bits per heavy atom. The largest absolute Gasteiger partial charge is 0.299 e. The molecule has 0 spiro atoms. The summed E-state index contributed by atoms with van der Waals surface area (Å²) in [6.07, 6.45) is 3.61. The molecule has 0 radical (unpaired) electrons. The molecule has 42 valence electrons. The monoisotopic (exact) mass is 110 g/mol. The molecule has 1 rings (SSSR count). The lowest BCUT2D eigenvalue weighted by Gasteiger charge is -1.97. The molecule has 0 saturated heterocycles. The molecule has 0 aromatic rings. The molecule has 8 heavy (non-hydrogen) atoms. The van der Waals surface area contributed by atoms with Crippen LogP contribution in [0, 0.1) is 0 Å². The number of hydrogen-bond acceptors (Lipinski definition) is 2.